The zero-order valence-corrected chi connectivity index (χ0v) is 11.2. The Bertz CT molecular complexity index is 483. The summed E-state index contributed by atoms with van der Waals surface area (Å²) in [7, 11) is 0. The highest BCUT2D eigenvalue weighted by molar-refractivity contribution is 5.94. The van der Waals surface area contributed by atoms with Crippen LogP contribution in [-0.2, 0) is 4.79 Å². The van der Waals surface area contributed by atoms with Crippen LogP contribution in [0, 0.1) is 0 Å². The molecule has 19 heavy (non-hydrogen) atoms. The van der Waals surface area contributed by atoms with E-state index in [0.29, 0.717) is 5.56 Å². The highest BCUT2D eigenvalue weighted by Crippen LogP contribution is 2.19. The first-order valence-electron chi connectivity index (χ1n) is 6.58. The van der Waals surface area contributed by atoms with Gasteiger partial charge in [0.25, 0.3) is 5.91 Å². The van der Waals surface area contributed by atoms with Crippen LogP contribution in [0.4, 0.5) is 0 Å². The number of carbonyl (C=O) groups excluding carboxylic acids is 1. The fourth-order valence-corrected chi connectivity index (χ4v) is 2.34. The van der Waals surface area contributed by atoms with Crippen LogP contribution in [-0.4, -0.2) is 44.3 Å². The zero-order valence-electron chi connectivity index (χ0n) is 11.2. The van der Waals surface area contributed by atoms with Crippen LogP contribution in [0.3, 0.4) is 0 Å². The third-order valence-electron chi connectivity index (χ3n) is 3.67. The number of carboxylic acid groups (broad SMARTS) is 1. The molecule has 1 aliphatic rings. The number of carboxylic acids is 1. The van der Waals surface area contributed by atoms with E-state index in [1.54, 1.807) is 0 Å². The third-order valence-corrected chi connectivity index (χ3v) is 3.67. The molecular formula is C13H19N3O3. The van der Waals surface area contributed by atoms with E-state index in [2.05, 4.69) is 5.10 Å². The van der Waals surface area contributed by atoms with Crippen LogP contribution in [0.15, 0.2) is 12.4 Å². The molecule has 1 saturated heterocycles. The number of carbonyl (C=O) groups is 2. The second-order valence-electron chi connectivity index (χ2n) is 5.07. The summed E-state index contributed by atoms with van der Waals surface area (Å²) in [5.41, 5.74) is 0.460. The molecule has 1 aliphatic heterocycles. The van der Waals surface area contributed by atoms with Crippen molar-refractivity contribution in [2.45, 2.75) is 45.2 Å². The van der Waals surface area contributed by atoms with E-state index in [-0.39, 0.29) is 11.9 Å². The molecule has 1 aromatic rings. The summed E-state index contributed by atoms with van der Waals surface area (Å²) in [4.78, 5) is 25.1. The van der Waals surface area contributed by atoms with Crippen LogP contribution in [0.5, 0.6) is 0 Å². The van der Waals surface area contributed by atoms with Gasteiger partial charge in [-0.15, -0.1) is 0 Å². The molecule has 0 radical (unpaired) electrons. The molecule has 2 heterocycles. The summed E-state index contributed by atoms with van der Waals surface area (Å²) < 4.78 is 1.31. The maximum atomic E-state index is 12.3. The molecule has 2 unspecified atom stereocenters. The molecule has 0 aromatic carbocycles. The first-order chi connectivity index (χ1) is 9.00. The summed E-state index contributed by atoms with van der Waals surface area (Å²) in [6.45, 7) is 4.34. The summed E-state index contributed by atoms with van der Waals surface area (Å²) >= 11 is 0. The molecule has 6 heteroatoms. The summed E-state index contributed by atoms with van der Waals surface area (Å²) in [5, 5.41) is 12.9. The normalized spacial score (nSPS) is 21.2. The Morgan fingerprint density at radius 1 is 1.47 bits per heavy atom. The predicted molar refractivity (Wildman–Crippen MR) is 68.9 cm³/mol. The minimum atomic E-state index is -0.964. The monoisotopic (exact) mass is 265 g/mol. The Balaban J connectivity index is 2.13. The first kappa shape index (κ1) is 13.6. The van der Waals surface area contributed by atoms with Gasteiger partial charge in [-0.05, 0) is 33.1 Å². The molecule has 0 bridgehead atoms. The summed E-state index contributed by atoms with van der Waals surface area (Å²) in [5.74, 6) is -1.02. The Kier molecular flexibility index (Phi) is 3.87. The van der Waals surface area contributed by atoms with Crippen molar-refractivity contribution in [1.29, 1.82) is 0 Å². The van der Waals surface area contributed by atoms with Crippen molar-refractivity contribution in [3.8, 4) is 0 Å². The minimum absolute atomic E-state index is 0.0592. The average molecular weight is 265 g/mol. The van der Waals surface area contributed by atoms with Crippen molar-refractivity contribution in [3.63, 3.8) is 0 Å². The second-order valence-corrected chi connectivity index (χ2v) is 5.07. The van der Waals surface area contributed by atoms with Gasteiger partial charge in [-0.1, -0.05) is 0 Å². The molecule has 1 fully saturated rings. The third kappa shape index (κ3) is 2.77. The maximum absolute atomic E-state index is 12.3. The van der Waals surface area contributed by atoms with Crippen LogP contribution in [0.1, 0.15) is 49.5 Å². The molecule has 1 amide bonds. The highest BCUT2D eigenvalue weighted by Gasteiger charge is 2.25. The lowest BCUT2D eigenvalue weighted by atomic mass is 10.0. The van der Waals surface area contributed by atoms with E-state index in [1.165, 1.54) is 24.0 Å². The number of likely N-dealkylation sites (tertiary alicyclic amines) is 1. The van der Waals surface area contributed by atoms with Crippen molar-refractivity contribution in [3.05, 3.63) is 18.0 Å². The van der Waals surface area contributed by atoms with Crippen molar-refractivity contribution < 1.29 is 14.7 Å². The molecule has 6 nitrogen and oxygen atoms in total. The summed E-state index contributed by atoms with van der Waals surface area (Å²) in [6, 6.07) is -0.526. The number of piperidine rings is 1. The molecule has 2 rings (SSSR count). The molecule has 1 N–H and O–H groups in total. The Labute approximate surface area is 112 Å². The number of aliphatic carboxylic acids is 1. The van der Waals surface area contributed by atoms with Gasteiger partial charge in [0, 0.05) is 18.8 Å². The van der Waals surface area contributed by atoms with Gasteiger partial charge >= 0.3 is 5.97 Å². The maximum Gasteiger partial charge on any atom is 0.328 e. The molecule has 1 aromatic heterocycles. The first-order valence-corrected chi connectivity index (χ1v) is 6.58. The van der Waals surface area contributed by atoms with E-state index in [1.807, 2.05) is 11.8 Å². The second kappa shape index (κ2) is 5.42. The van der Waals surface area contributed by atoms with Crippen molar-refractivity contribution in [2.75, 3.05) is 6.54 Å². The predicted octanol–water partition coefficient (Wildman–Crippen LogP) is 1.54. The van der Waals surface area contributed by atoms with Crippen LogP contribution >= 0.6 is 0 Å². The molecule has 0 saturated carbocycles. The lowest BCUT2D eigenvalue weighted by Crippen LogP contribution is -2.41. The quantitative estimate of drug-likeness (QED) is 0.899. The number of rotatable bonds is 3. The van der Waals surface area contributed by atoms with Gasteiger partial charge in [0.15, 0.2) is 0 Å². The lowest BCUT2D eigenvalue weighted by Gasteiger charge is -2.33. The molecular weight excluding hydrogens is 246 g/mol. The highest BCUT2D eigenvalue weighted by atomic mass is 16.4. The number of nitrogens with zero attached hydrogens (tertiary/aromatic N) is 3. The number of amides is 1. The van der Waals surface area contributed by atoms with Gasteiger partial charge < -0.3 is 10.0 Å². The number of hydrogen-bond acceptors (Lipinski definition) is 3. The average Bonchev–Trinajstić information content (AvgIpc) is 2.87. The van der Waals surface area contributed by atoms with Crippen LogP contribution in [0.2, 0.25) is 0 Å². The summed E-state index contributed by atoms with van der Waals surface area (Å²) in [6.07, 6.45) is 6.16. The smallest absolute Gasteiger partial charge is 0.328 e. The van der Waals surface area contributed by atoms with E-state index in [9.17, 15) is 9.59 Å². The van der Waals surface area contributed by atoms with Gasteiger partial charge in [-0.3, -0.25) is 9.48 Å². The molecule has 0 aliphatic carbocycles. The van der Waals surface area contributed by atoms with Gasteiger partial charge in [-0.25, -0.2) is 4.79 Å². The standard InChI is InChI=1S/C13H19N3O3/c1-9-5-3-4-6-15(9)12(17)11-7-14-16(8-11)10(2)13(18)19/h7-10H,3-6H2,1-2H3,(H,18,19). The van der Waals surface area contributed by atoms with Gasteiger partial charge in [0.1, 0.15) is 6.04 Å². The van der Waals surface area contributed by atoms with E-state index < -0.39 is 12.0 Å². The largest absolute Gasteiger partial charge is 0.480 e. The zero-order chi connectivity index (χ0) is 14.0. The molecule has 0 spiro atoms. The van der Waals surface area contributed by atoms with Crippen LogP contribution in [0.25, 0.3) is 0 Å². The SMILES string of the molecule is CC1CCCCN1C(=O)c1cnn(C(C)C(=O)O)c1. The Morgan fingerprint density at radius 3 is 2.84 bits per heavy atom. The van der Waals surface area contributed by atoms with Gasteiger partial charge in [-0.2, -0.15) is 5.10 Å². The van der Waals surface area contributed by atoms with E-state index in [0.717, 1.165) is 25.8 Å². The van der Waals surface area contributed by atoms with Crippen molar-refractivity contribution >= 4 is 11.9 Å². The number of hydrogen-bond donors (Lipinski definition) is 1. The van der Waals surface area contributed by atoms with Crippen LogP contribution < -0.4 is 0 Å². The molecule has 2 atom stereocenters. The van der Waals surface area contributed by atoms with Gasteiger partial charge in [0.05, 0.1) is 11.8 Å². The lowest BCUT2D eigenvalue weighted by molar-refractivity contribution is -0.140. The van der Waals surface area contributed by atoms with Crippen molar-refractivity contribution in [2.24, 2.45) is 0 Å². The van der Waals surface area contributed by atoms with Gasteiger partial charge in [0.2, 0.25) is 0 Å². The Morgan fingerprint density at radius 2 is 2.21 bits per heavy atom. The topological polar surface area (TPSA) is 75.4 Å². The number of aromatic nitrogens is 2. The fraction of sp³-hybridized carbons (Fsp3) is 0.615. The Hall–Kier alpha value is -1.85. The molecule has 104 valence electrons. The van der Waals surface area contributed by atoms with E-state index in [4.69, 9.17) is 5.11 Å². The minimum Gasteiger partial charge on any atom is -0.480 e. The van der Waals surface area contributed by atoms with E-state index >= 15 is 0 Å². The van der Waals surface area contributed by atoms with Crippen molar-refractivity contribution in [1.82, 2.24) is 14.7 Å². The fourth-order valence-electron chi connectivity index (χ4n) is 2.34.